The topological polar surface area (TPSA) is 47.5 Å². The molecular formula is C16H21N3O2. The molecule has 0 aliphatic carbocycles. The lowest BCUT2D eigenvalue weighted by molar-refractivity contribution is 0.111. The van der Waals surface area contributed by atoms with Gasteiger partial charge in [0.2, 0.25) is 0 Å². The van der Waals surface area contributed by atoms with Crippen LogP contribution in [0.1, 0.15) is 12.1 Å². The fraction of sp³-hybridized carbons (Fsp3) is 0.500. The van der Waals surface area contributed by atoms with Crippen LogP contribution in [0.25, 0.3) is 11.0 Å². The first kappa shape index (κ1) is 14.2. The van der Waals surface area contributed by atoms with E-state index in [1.807, 2.05) is 31.2 Å². The van der Waals surface area contributed by atoms with Crippen molar-refractivity contribution in [3.63, 3.8) is 0 Å². The number of rotatable bonds is 4. The molecule has 1 aliphatic heterocycles. The lowest BCUT2D eigenvalue weighted by Gasteiger charge is -2.26. The minimum Gasteiger partial charge on any atom is -0.383 e. The van der Waals surface area contributed by atoms with Gasteiger partial charge < -0.3 is 14.4 Å². The molecule has 0 amide bonds. The zero-order valence-electron chi connectivity index (χ0n) is 12.7. The first-order valence-electron chi connectivity index (χ1n) is 7.24. The van der Waals surface area contributed by atoms with E-state index in [1.54, 1.807) is 14.2 Å². The summed E-state index contributed by atoms with van der Waals surface area (Å²) < 4.78 is 10.9. The van der Waals surface area contributed by atoms with Crippen LogP contribution >= 0.6 is 0 Å². The van der Waals surface area contributed by atoms with Crippen molar-refractivity contribution in [3.05, 3.63) is 30.0 Å². The van der Waals surface area contributed by atoms with Crippen LogP contribution in [0.2, 0.25) is 0 Å². The Labute approximate surface area is 124 Å². The number of fused-ring (bicyclic) bond motifs is 1. The van der Waals surface area contributed by atoms with Crippen molar-refractivity contribution in [2.75, 3.05) is 32.3 Å². The van der Waals surface area contributed by atoms with Gasteiger partial charge in [-0.2, -0.15) is 0 Å². The van der Waals surface area contributed by atoms with E-state index < -0.39 is 0 Å². The van der Waals surface area contributed by atoms with E-state index in [9.17, 15) is 0 Å². The first-order chi connectivity index (χ1) is 10.2. The Balaban J connectivity index is 1.99. The van der Waals surface area contributed by atoms with Crippen molar-refractivity contribution in [2.24, 2.45) is 0 Å². The Hall–Kier alpha value is -1.72. The molecule has 0 spiro atoms. The summed E-state index contributed by atoms with van der Waals surface area (Å²) >= 11 is 0. The van der Waals surface area contributed by atoms with Crippen LogP contribution in [0.5, 0.6) is 0 Å². The van der Waals surface area contributed by atoms with E-state index >= 15 is 0 Å². The van der Waals surface area contributed by atoms with E-state index in [-0.39, 0.29) is 12.1 Å². The largest absolute Gasteiger partial charge is 0.383 e. The second-order valence-corrected chi connectivity index (χ2v) is 5.48. The van der Waals surface area contributed by atoms with Crippen molar-refractivity contribution >= 4 is 16.9 Å². The van der Waals surface area contributed by atoms with E-state index in [2.05, 4.69) is 9.88 Å². The lowest BCUT2D eigenvalue weighted by Crippen LogP contribution is -2.34. The molecule has 112 valence electrons. The van der Waals surface area contributed by atoms with Crippen molar-refractivity contribution < 1.29 is 9.47 Å². The fourth-order valence-electron chi connectivity index (χ4n) is 3.01. The maximum absolute atomic E-state index is 5.52. The molecule has 1 aromatic carbocycles. The summed E-state index contributed by atoms with van der Waals surface area (Å²) in [5, 5.41) is 0. The molecular weight excluding hydrogens is 266 g/mol. The molecule has 1 aliphatic rings. The van der Waals surface area contributed by atoms with Gasteiger partial charge >= 0.3 is 0 Å². The Bertz CT molecular complexity index is 632. The van der Waals surface area contributed by atoms with Gasteiger partial charge in [0.05, 0.1) is 35.5 Å². The van der Waals surface area contributed by atoms with Crippen LogP contribution in [-0.4, -0.2) is 49.5 Å². The molecule has 1 fully saturated rings. The highest BCUT2D eigenvalue weighted by Crippen LogP contribution is 2.29. The summed E-state index contributed by atoms with van der Waals surface area (Å²) in [6, 6.07) is 8.26. The number of anilines is 1. The van der Waals surface area contributed by atoms with Gasteiger partial charge in [-0.25, -0.2) is 9.97 Å². The van der Waals surface area contributed by atoms with Crippen LogP contribution < -0.4 is 4.90 Å². The van der Waals surface area contributed by atoms with Gasteiger partial charge in [0.25, 0.3) is 0 Å². The third kappa shape index (κ3) is 2.71. The third-order valence-corrected chi connectivity index (χ3v) is 4.06. The van der Waals surface area contributed by atoms with Crippen LogP contribution in [0, 0.1) is 6.92 Å². The van der Waals surface area contributed by atoms with E-state index in [4.69, 9.17) is 14.5 Å². The van der Waals surface area contributed by atoms with Crippen molar-refractivity contribution in [1.82, 2.24) is 9.97 Å². The molecule has 5 heteroatoms. The Morgan fingerprint density at radius 1 is 1.19 bits per heavy atom. The molecule has 3 rings (SSSR count). The Morgan fingerprint density at radius 2 is 1.90 bits per heavy atom. The maximum atomic E-state index is 5.52. The normalized spacial score (nSPS) is 22.1. The van der Waals surface area contributed by atoms with E-state index in [1.165, 1.54) is 0 Å². The monoisotopic (exact) mass is 287 g/mol. The van der Waals surface area contributed by atoms with Gasteiger partial charge in [-0.3, -0.25) is 0 Å². The average molecular weight is 287 g/mol. The highest BCUT2D eigenvalue weighted by molar-refractivity contribution is 5.76. The zero-order chi connectivity index (χ0) is 14.8. The van der Waals surface area contributed by atoms with Gasteiger partial charge in [0.1, 0.15) is 0 Å². The van der Waals surface area contributed by atoms with Gasteiger partial charge in [0, 0.05) is 20.8 Å². The quantitative estimate of drug-likeness (QED) is 0.862. The van der Waals surface area contributed by atoms with Crippen LogP contribution in [0.3, 0.4) is 0 Å². The molecule has 1 saturated heterocycles. The summed E-state index contributed by atoms with van der Waals surface area (Å²) in [6.07, 6.45) is 1.18. The molecule has 2 heterocycles. The molecule has 1 aromatic heterocycles. The number of methoxy groups -OCH3 is 2. The Morgan fingerprint density at radius 3 is 2.57 bits per heavy atom. The molecule has 0 bridgehead atoms. The summed E-state index contributed by atoms with van der Waals surface area (Å²) in [7, 11) is 3.49. The van der Waals surface area contributed by atoms with Gasteiger partial charge in [-0.05, 0) is 25.5 Å². The number of nitrogens with zero attached hydrogens (tertiary/aromatic N) is 3. The first-order valence-corrected chi connectivity index (χ1v) is 7.24. The van der Waals surface area contributed by atoms with Crippen molar-refractivity contribution in [1.29, 1.82) is 0 Å². The SMILES string of the molecule is COC[C@@H]1C[C@H](OC)CN1c1nc2ccccc2nc1C. The number of aryl methyl sites for hydroxylation is 1. The van der Waals surface area contributed by atoms with Crippen LogP contribution in [0.4, 0.5) is 5.82 Å². The fourth-order valence-corrected chi connectivity index (χ4v) is 3.01. The zero-order valence-corrected chi connectivity index (χ0v) is 12.7. The molecule has 5 nitrogen and oxygen atoms in total. The number of aromatic nitrogens is 2. The predicted octanol–water partition coefficient (Wildman–Crippen LogP) is 2.18. The number of para-hydroxylation sites is 2. The molecule has 2 aromatic rings. The number of hydrogen-bond acceptors (Lipinski definition) is 5. The molecule has 21 heavy (non-hydrogen) atoms. The van der Waals surface area contributed by atoms with Crippen molar-refractivity contribution in [2.45, 2.75) is 25.5 Å². The molecule has 0 N–H and O–H groups in total. The highest BCUT2D eigenvalue weighted by Gasteiger charge is 2.34. The second kappa shape index (κ2) is 5.95. The third-order valence-electron chi connectivity index (χ3n) is 4.06. The minimum atomic E-state index is 0.220. The molecule has 0 radical (unpaired) electrons. The molecule has 0 saturated carbocycles. The summed E-state index contributed by atoms with van der Waals surface area (Å²) in [5.74, 6) is 0.940. The standard InChI is InChI=1S/C16H21N3O2/c1-11-16(18-15-7-5-4-6-14(15)17-11)19-9-13(21-3)8-12(19)10-20-2/h4-7,12-13H,8-10H2,1-3H3/t12-,13-/m0/s1. The van der Waals surface area contributed by atoms with Crippen molar-refractivity contribution in [3.8, 4) is 0 Å². The van der Waals surface area contributed by atoms with E-state index in [0.717, 1.165) is 35.5 Å². The van der Waals surface area contributed by atoms with Gasteiger partial charge in [-0.15, -0.1) is 0 Å². The predicted molar refractivity (Wildman–Crippen MR) is 82.7 cm³/mol. The molecule has 0 unspecified atom stereocenters. The summed E-state index contributed by atoms with van der Waals surface area (Å²) in [5.41, 5.74) is 2.81. The second-order valence-electron chi connectivity index (χ2n) is 5.48. The number of ether oxygens (including phenoxy) is 2. The van der Waals surface area contributed by atoms with Crippen LogP contribution in [-0.2, 0) is 9.47 Å². The summed E-state index contributed by atoms with van der Waals surface area (Å²) in [4.78, 5) is 11.8. The van der Waals surface area contributed by atoms with Crippen LogP contribution in [0.15, 0.2) is 24.3 Å². The average Bonchev–Trinajstić information content (AvgIpc) is 2.90. The number of benzene rings is 1. The van der Waals surface area contributed by atoms with Gasteiger partial charge in [-0.1, -0.05) is 12.1 Å². The lowest BCUT2D eigenvalue weighted by atomic mass is 10.2. The number of hydrogen-bond donors (Lipinski definition) is 0. The minimum absolute atomic E-state index is 0.220. The van der Waals surface area contributed by atoms with Gasteiger partial charge in [0.15, 0.2) is 5.82 Å². The highest BCUT2D eigenvalue weighted by atomic mass is 16.5. The smallest absolute Gasteiger partial charge is 0.151 e. The van der Waals surface area contributed by atoms with E-state index in [0.29, 0.717) is 6.61 Å². The Kier molecular flexibility index (Phi) is 4.03. The molecule has 2 atom stereocenters. The maximum Gasteiger partial charge on any atom is 0.151 e. The summed E-state index contributed by atoms with van der Waals surface area (Å²) in [6.45, 7) is 3.52.